The third kappa shape index (κ3) is 1.77. The van der Waals surface area contributed by atoms with E-state index in [4.69, 9.17) is 0 Å². The summed E-state index contributed by atoms with van der Waals surface area (Å²) in [5.41, 5.74) is 5.41. The van der Waals surface area contributed by atoms with Gasteiger partial charge < -0.3 is 9.97 Å². The highest BCUT2D eigenvalue weighted by atomic mass is 15.0. The van der Waals surface area contributed by atoms with Gasteiger partial charge in [-0.05, 0) is 47.7 Å². The van der Waals surface area contributed by atoms with Gasteiger partial charge in [0.1, 0.15) is 5.82 Å². The van der Waals surface area contributed by atoms with Gasteiger partial charge in [0, 0.05) is 24.3 Å². The Labute approximate surface area is 115 Å². The Morgan fingerprint density at radius 2 is 2.10 bits per heavy atom. The van der Waals surface area contributed by atoms with Crippen molar-refractivity contribution in [1.82, 2.24) is 19.9 Å². The first-order valence-corrected chi connectivity index (χ1v) is 6.66. The zero-order chi connectivity index (χ0) is 13.5. The molecular formula is C16H14N4. The van der Waals surface area contributed by atoms with E-state index in [2.05, 4.69) is 51.1 Å². The van der Waals surface area contributed by atoms with Gasteiger partial charge in [-0.3, -0.25) is 0 Å². The summed E-state index contributed by atoms with van der Waals surface area (Å²) in [7, 11) is 0. The van der Waals surface area contributed by atoms with Crippen molar-refractivity contribution in [2.45, 2.75) is 13.3 Å². The maximum absolute atomic E-state index is 4.56. The summed E-state index contributed by atoms with van der Waals surface area (Å²) in [6, 6.07) is 10.5. The first-order valence-electron chi connectivity index (χ1n) is 6.66. The van der Waals surface area contributed by atoms with Crippen LogP contribution in [0, 0.1) is 6.92 Å². The molecule has 0 bridgehead atoms. The van der Waals surface area contributed by atoms with Crippen LogP contribution in [0.5, 0.6) is 0 Å². The number of nitrogens with one attached hydrogen (secondary N) is 2. The van der Waals surface area contributed by atoms with Gasteiger partial charge in [-0.1, -0.05) is 6.07 Å². The molecule has 0 saturated heterocycles. The summed E-state index contributed by atoms with van der Waals surface area (Å²) in [5.74, 6) is 0.955. The Hall–Kier alpha value is -2.62. The highest BCUT2D eigenvalue weighted by Gasteiger charge is 2.07. The number of fused-ring (bicyclic) bond motifs is 2. The molecule has 0 aliphatic carbocycles. The summed E-state index contributed by atoms with van der Waals surface area (Å²) in [4.78, 5) is 15.4. The summed E-state index contributed by atoms with van der Waals surface area (Å²) in [6.07, 6.45) is 4.55. The Morgan fingerprint density at radius 1 is 1.15 bits per heavy atom. The van der Waals surface area contributed by atoms with Crippen molar-refractivity contribution in [2.24, 2.45) is 0 Å². The van der Waals surface area contributed by atoms with Crippen LogP contribution >= 0.6 is 0 Å². The second kappa shape index (κ2) is 4.20. The Bertz CT molecular complexity index is 901. The summed E-state index contributed by atoms with van der Waals surface area (Å²) >= 11 is 0. The van der Waals surface area contributed by atoms with Gasteiger partial charge in [0.05, 0.1) is 5.52 Å². The van der Waals surface area contributed by atoms with E-state index in [1.54, 1.807) is 6.20 Å². The van der Waals surface area contributed by atoms with E-state index >= 15 is 0 Å². The fraction of sp³-hybridized carbons (Fsp3) is 0.125. The molecule has 0 unspecified atom stereocenters. The van der Waals surface area contributed by atoms with Gasteiger partial charge in [0.2, 0.25) is 0 Å². The van der Waals surface area contributed by atoms with E-state index in [9.17, 15) is 0 Å². The van der Waals surface area contributed by atoms with Crippen LogP contribution in [0.4, 0.5) is 0 Å². The number of rotatable bonds is 2. The van der Waals surface area contributed by atoms with E-state index in [0.717, 1.165) is 28.9 Å². The first kappa shape index (κ1) is 11.2. The molecule has 2 N–H and O–H groups in total. The van der Waals surface area contributed by atoms with Gasteiger partial charge in [0.25, 0.3) is 0 Å². The number of aromatic nitrogens is 4. The van der Waals surface area contributed by atoms with Crippen LogP contribution in [0.15, 0.2) is 42.7 Å². The molecule has 1 aromatic carbocycles. The lowest BCUT2D eigenvalue weighted by atomic mass is 10.1. The molecule has 0 radical (unpaired) electrons. The number of aryl methyl sites for hydroxylation is 1. The van der Waals surface area contributed by atoms with Gasteiger partial charge in [0.15, 0.2) is 5.65 Å². The first-order chi connectivity index (χ1) is 9.79. The van der Waals surface area contributed by atoms with Crippen molar-refractivity contribution in [2.75, 3.05) is 0 Å². The monoisotopic (exact) mass is 262 g/mol. The van der Waals surface area contributed by atoms with Crippen LogP contribution in [0.3, 0.4) is 0 Å². The van der Waals surface area contributed by atoms with Gasteiger partial charge >= 0.3 is 0 Å². The highest BCUT2D eigenvalue weighted by Crippen LogP contribution is 2.18. The van der Waals surface area contributed by atoms with Crippen molar-refractivity contribution in [3.8, 4) is 0 Å². The lowest BCUT2D eigenvalue weighted by Gasteiger charge is -1.98. The minimum absolute atomic E-state index is 0.789. The zero-order valence-electron chi connectivity index (χ0n) is 11.1. The summed E-state index contributed by atoms with van der Waals surface area (Å²) in [6.45, 7) is 2.07. The molecule has 0 aliphatic heterocycles. The second-order valence-electron chi connectivity index (χ2n) is 5.09. The standard InChI is InChI=1S/C16H14N4/c1-10-4-6-18-16-15(10)19-14(20-16)9-11-2-3-13-12(8-11)5-7-17-13/h2-8,17H,9H2,1H3,(H,18,19,20). The fourth-order valence-corrected chi connectivity index (χ4v) is 2.57. The molecule has 0 fully saturated rings. The maximum atomic E-state index is 4.56. The normalized spacial score (nSPS) is 11.4. The molecule has 4 rings (SSSR count). The highest BCUT2D eigenvalue weighted by molar-refractivity contribution is 5.80. The van der Waals surface area contributed by atoms with Crippen molar-refractivity contribution >= 4 is 22.1 Å². The molecule has 98 valence electrons. The number of imidazole rings is 1. The van der Waals surface area contributed by atoms with Crippen LogP contribution in [0.2, 0.25) is 0 Å². The number of pyridine rings is 1. The SMILES string of the molecule is Cc1ccnc2nc(Cc3ccc4[nH]ccc4c3)[nH]c12. The summed E-state index contributed by atoms with van der Waals surface area (Å²) in [5, 5.41) is 1.23. The number of benzene rings is 1. The van der Waals surface area contributed by atoms with E-state index in [1.807, 2.05) is 12.3 Å². The van der Waals surface area contributed by atoms with Crippen LogP contribution in [0.25, 0.3) is 22.1 Å². The number of H-pyrrole nitrogens is 2. The van der Waals surface area contributed by atoms with Gasteiger partial charge in [-0.25, -0.2) is 9.97 Å². The number of hydrogen-bond donors (Lipinski definition) is 2. The van der Waals surface area contributed by atoms with E-state index in [0.29, 0.717) is 0 Å². The molecular weight excluding hydrogens is 248 g/mol. The van der Waals surface area contributed by atoms with E-state index in [-0.39, 0.29) is 0 Å². The molecule has 4 nitrogen and oxygen atoms in total. The third-order valence-electron chi connectivity index (χ3n) is 3.64. The average Bonchev–Trinajstić information content (AvgIpc) is 3.05. The molecule has 20 heavy (non-hydrogen) atoms. The minimum atomic E-state index is 0.789. The molecule has 0 spiro atoms. The molecule has 3 heterocycles. The second-order valence-corrected chi connectivity index (χ2v) is 5.09. The topological polar surface area (TPSA) is 57.4 Å². The van der Waals surface area contributed by atoms with Crippen molar-refractivity contribution in [1.29, 1.82) is 0 Å². The number of hydrogen-bond acceptors (Lipinski definition) is 2. The van der Waals surface area contributed by atoms with Gasteiger partial charge in [-0.2, -0.15) is 0 Å². The third-order valence-corrected chi connectivity index (χ3v) is 3.64. The van der Waals surface area contributed by atoms with Crippen LogP contribution < -0.4 is 0 Å². The molecule has 0 aliphatic rings. The Kier molecular flexibility index (Phi) is 2.36. The number of aromatic amines is 2. The molecule has 4 aromatic rings. The zero-order valence-corrected chi connectivity index (χ0v) is 11.1. The quantitative estimate of drug-likeness (QED) is 0.582. The van der Waals surface area contributed by atoms with Crippen molar-refractivity contribution in [3.63, 3.8) is 0 Å². The predicted molar refractivity (Wildman–Crippen MR) is 79.7 cm³/mol. The van der Waals surface area contributed by atoms with Crippen LogP contribution in [-0.4, -0.2) is 19.9 Å². The van der Waals surface area contributed by atoms with Crippen molar-refractivity contribution in [3.05, 3.63) is 59.7 Å². The molecule has 0 amide bonds. The largest absolute Gasteiger partial charge is 0.361 e. The minimum Gasteiger partial charge on any atom is -0.361 e. The smallest absolute Gasteiger partial charge is 0.177 e. The van der Waals surface area contributed by atoms with E-state index < -0.39 is 0 Å². The lowest BCUT2D eigenvalue weighted by Crippen LogP contribution is -1.90. The van der Waals surface area contributed by atoms with Crippen LogP contribution in [0.1, 0.15) is 17.0 Å². The predicted octanol–water partition coefficient (Wildman–Crippen LogP) is 3.34. The van der Waals surface area contributed by atoms with E-state index in [1.165, 1.54) is 16.5 Å². The average molecular weight is 262 g/mol. The van der Waals surface area contributed by atoms with Crippen molar-refractivity contribution < 1.29 is 0 Å². The number of nitrogens with zero attached hydrogens (tertiary/aromatic N) is 2. The van der Waals surface area contributed by atoms with Crippen LogP contribution in [-0.2, 0) is 6.42 Å². The molecule has 0 saturated carbocycles. The lowest BCUT2D eigenvalue weighted by molar-refractivity contribution is 1.04. The van der Waals surface area contributed by atoms with Gasteiger partial charge in [-0.15, -0.1) is 0 Å². The fourth-order valence-electron chi connectivity index (χ4n) is 2.57. The molecule has 3 aromatic heterocycles. The maximum Gasteiger partial charge on any atom is 0.177 e. The Balaban J connectivity index is 1.74. The Morgan fingerprint density at radius 3 is 3.00 bits per heavy atom. The summed E-state index contributed by atoms with van der Waals surface area (Å²) < 4.78 is 0. The molecule has 0 atom stereocenters. The molecule has 4 heteroatoms.